The molecular formula is C53H50P2. The Hall–Kier alpha value is -4.52. The molecule has 2 heteroatoms. The summed E-state index contributed by atoms with van der Waals surface area (Å²) in [5.41, 5.74) is 12.4. The fourth-order valence-corrected chi connectivity index (χ4v) is 17.2. The van der Waals surface area contributed by atoms with E-state index in [2.05, 4.69) is 182 Å². The summed E-state index contributed by atoms with van der Waals surface area (Å²) in [5.74, 6) is 2.90. The minimum Gasteiger partial charge on any atom is -0.115 e. The van der Waals surface area contributed by atoms with Crippen LogP contribution < -0.4 is 10.4 Å². The average molecular weight is 749 g/mol. The number of terminal acetylenes is 1. The van der Waals surface area contributed by atoms with Crippen molar-refractivity contribution in [2.45, 2.75) is 82.4 Å². The zero-order valence-corrected chi connectivity index (χ0v) is 35.0. The summed E-state index contributed by atoms with van der Waals surface area (Å²) in [4.78, 5) is 0. The molecule has 2 heterocycles. The summed E-state index contributed by atoms with van der Waals surface area (Å²) in [6, 6.07) is 46.8. The van der Waals surface area contributed by atoms with E-state index in [-0.39, 0.29) is 10.3 Å². The van der Waals surface area contributed by atoms with Crippen molar-refractivity contribution in [3.05, 3.63) is 154 Å². The molecule has 0 bridgehead atoms. The van der Waals surface area contributed by atoms with Gasteiger partial charge in [-0.2, -0.15) is 0 Å². The molecule has 0 fully saturated rings. The van der Waals surface area contributed by atoms with Gasteiger partial charge in [0.1, 0.15) is 0 Å². The molecule has 9 rings (SSSR count). The summed E-state index contributed by atoms with van der Waals surface area (Å²) in [5, 5.41) is 10.6. The van der Waals surface area contributed by atoms with Crippen molar-refractivity contribution < 1.29 is 0 Å². The van der Waals surface area contributed by atoms with Gasteiger partial charge in [0, 0.05) is 11.3 Å². The third-order valence-electron chi connectivity index (χ3n) is 12.3. The van der Waals surface area contributed by atoms with Crippen molar-refractivity contribution in [2.24, 2.45) is 0 Å². The largest absolute Gasteiger partial charge is 0.115 e. The maximum absolute atomic E-state index is 6.05. The molecule has 0 amide bonds. The molecule has 0 saturated heterocycles. The Balaban J connectivity index is 1.48. The van der Waals surface area contributed by atoms with Crippen LogP contribution in [-0.2, 0) is 12.3 Å². The van der Waals surface area contributed by atoms with Crippen LogP contribution in [0.25, 0.3) is 66.7 Å². The van der Waals surface area contributed by atoms with Gasteiger partial charge in [-0.15, -0.1) is 6.42 Å². The van der Waals surface area contributed by atoms with Gasteiger partial charge in [-0.1, -0.05) is 191 Å². The number of hydrogen-bond acceptors (Lipinski definition) is 0. The highest BCUT2D eigenvalue weighted by Gasteiger charge is 2.48. The van der Waals surface area contributed by atoms with Crippen LogP contribution in [0.15, 0.2) is 121 Å². The third kappa shape index (κ3) is 5.90. The third-order valence-corrected chi connectivity index (χ3v) is 19.9. The molecule has 7 aromatic carbocycles. The Morgan fingerprint density at radius 1 is 0.527 bits per heavy atom. The molecule has 4 atom stereocenters. The van der Waals surface area contributed by atoms with E-state index in [1.807, 2.05) is 6.08 Å². The Bertz CT molecular complexity index is 2840. The molecule has 0 aromatic heterocycles. The Labute approximate surface area is 329 Å². The fraction of sp³-hybridized carbons (Fsp3) is 0.245. The lowest BCUT2D eigenvalue weighted by molar-refractivity contribution is 0.723. The van der Waals surface area contributed by atoms with Crippen molar-refractivity contribution in [1.82, 2.24) is 0 Å². The first-order chi connectivity index (χ1) is 26.5. The lowest BCUT2D eigenvalue weighted by Crippen LogP contribution is -2.30. The van der Waals surface area contributed by atoms with Gasteiger partial charge >= 0.3 is 0 Å². The van der Waals surface area contributed by atoms with E-state index in [1.54, 1.807) is 5.56 Å². The first-order valence-electron chi connectivity index (χ1n) is 19.8. The van der Waals surface area contributed by atoms with Crippen LogP contribution in [0, 0.1) is 12.3 Å². The van der Waals surface area contributed by atoms with Gasteiger partial charge in [0.25, 0.3) is 0 Å². The second kappa shape index (κ2) is 13.6. The van der Waals surface area contributed by atoms with E-state index in [0.717, 1.165) is 17.5 Å². The van der Waals surface area contributed by atoms with Gasteiger partial charge in [-0.25, -0.2) is 0 Å². The summed E-state index contributed by atoms with van der Waals surface area (Å²) < 4.78 is 0. The van der Waals surface area contributed by atoms with E-state index in [0.29, 0.717) is 11.3 Å². The van der Waals surface area contributed by atoms with Gasteiger partial charge in [0.2, 0.25) is 0 Å². The molecule has 0 N–H and O–H groups in total. The average Bonchev–Trinajstić information content (AvgIpc) is 3.43. The van der Waals surface area contributed by atoms with Crippen LogP contribution in [0.1, 0.15) is 82.0 Å². The monoisotopic (exact) mass is 748 g/mol. The van der Waals surface area contributed by atoms with Crippen LogP contribution in [0.2, 0.25) is 0 Å². The predicted molar refractivity (Wildman–Crippen MR) is 245 cm³/mol. The van der Waals surface area contributed by atoms with Crippen LogP contribution >= 0.6 is 15.8 Å². The standard InChI is InChI=1S/C53H50P2/c1-9-17-34-28-30-44-48(40(34)10-2)46-38(26-24-35-18-11-14-21-41(35)46)32-54(52(3,4)5)50(44)51-45-31-29-37-20-13-16-23-43(37)49(45)47-39(33-55(51)53(6,7)8)27-25-36-19-12-15-22-42(36)47/h1,10-31,50-51H,32-33H2,2-8H3/b34-17-,40-10+. The molecule has 55 heavy (non-hydrogen) atoms. The Morgan fingerprint density at radius 2 is 0.945 bits per heavy atom. The zero-order chi connectivity index (χ0) is 38.2. The van der Waals surface area contributed by atoms with Gasteiger partial charge in [0.05, 0.1) is 0 Å². The summed E-state index contributed by atoms with van der Waals surface area (Å²) in [7, 11) is -1.19. The quantitative estimate of drug-likeness (QED) is 0.116. The molecule has 0 nitrogen and oxygen atoms in total. The SMILES string of the molecule is C#C/C=c1/ccc2c(/c1=C/C)-c1c(ccc3ccccc13)CP(C(C)(C)C)C2C1c2ccc3ccccc3c2-c2c(ccc3ccccc23)CP1C(C)(C)C. The Morgan fingerprint density at radius 3 is 1.42 bits per heavy atom. The van der Waals surface area contributed by atoms with Crippen LogP contribution in [0.5, 0.6) is 0 Å². The molecule has 7 aromatic rings. The lowest BCUT2D eigenvalue weighted by Gasteiger charge is -2.48. The van der Waals surface area contributed by atoms with Gasteiger partial charge < -0.3 is 0 Å². The smallest absolute Gasteiger partial charge is 0.0165 e. The molecule has 2 aliphatic heterocycles. The zero-order valence-electron chi connectivity index (χ0n) is 33.2. The van der Waals surface area contributed by atoms with E-state index in [9.17, 15) is 0 Å². The maximum atomic E-state index is 6.05. The topological polar surface area (TPSA) is 0 Å². The van der Waals surface area contributed by atoms with Crippen LogP contribution in [0.4, 0.5) is 0 Å². The molecule has 272 valence electrons. The normalized spacial score (nSPS) is 20.3. The Kier molecular flexibility index (Phi) is 8.93. The maximum Gasteiger partial charge on any atom is 0.0165 e. The summed E-state index contributed by atoms with van der Waals surface area (Å²) in [6.07, 6.45) is 12.5. The van der Waals surface area contributed by atoms with Crippen molar-refractivity contribution in [1.29, 1.82) is 0 Å². The van der Waals surface area contributed by atoms with Crippen molar-refractivity contribution in [3.8, 4) is 34.6 Å². The van der Waals surface area contributed by atoms with E-state index < -0.39 is 15.8 Å². The van der Waals surface area contributed by atoms with Gasteiger partial charge in [-0.3, -0.25) is 0 Å². The predicted octanol–water partition coefficient (Wildman–Crippen LogP) is 14.1. The molecular weight excluding hydrogens is 699 g/mol. The van der Waals surface area contributed by atoms with Crippen molar-refractivity contribution in [3.63, 3.8) is 0 Å². The first kappa shape index (κ1) is 36.1. The van der Waals surface area contributed by atoms with Gasteiger partial charge in [0.15, 0.2) is 0 Å². The minimum atomic E-state index is -0.601. The van der Waals surface area contributed by atoms with E-state index in [1.165, 1.54) is 76.5 Å². The number of hydrogen-bond donors (Lipinski definition) is 0. The second-order valence-corrected chi connectivity index (χ2v) is 23.8. The van der Waals surface area contributed by atoms with Crippen LogP contribution in [-0.4, -0.2) is 10.3 Å². The number of rotatable bonds is 1. The van der Waals surface area contributed by atoms with Gasteiger partial charge in [-0.05, 0) is 123 Å². The first-order valence-corrected chi connectivity index (χ1v) is 23.0. The summed E-state index contributed by atoms with van der Waals surface area (Å²) in [6.45, 7) is 17.4. The van der Waals surface area contributed by atoms with E-state index in [4.69, 9.17) is 6.42 Å². The fourth-order valence-electron chi connectivity index (χ4n) is 9.90. The highest BCUT2D eigenvalue weighted by Crippen LogP contribution is 2.79. The molecule has 0 spiro atoms. The molecule has 0 aliphatic carbocycles. The number of benzene rings is 7. The summed E-state index contributed by atoms with van der Waals surface area (Å²) >= 11 is 0. The number of fused-ring (bicyclic) bond motifs is 12. The highest BCUT2D eigenvalue weighted by molar-refractivity contribution is 7.63. The second-order valence-electron chi connectivity index (χ2n) is 17.5. The van der Waals surface area contributed by atoms with Crippen LogP contribution in [0.3, 0.4) is 0 Å². The van der Waals surface area contributed by atoms with Crippen molar-refractivity contribution >= 4 is 60.3 Å². The molecule has 2 aliphatic rings. The van der Waals surface area contributed by atoms with Crippen molar-refractivity contribution in [2.75, 3.05) is 0 Å². The van der Waals surface area contributed by atoms with E-state index >= 15 is 0 Å². The molecule has 4 unspecified atom stereocenters. The minimum absolute atomic E-state index is 0.0893. The molecule has 0 radical (unpaired) electrons. The molecule has 0 saturated carbocycles. The highest BCUT2D eigenvalue weighted by atomic mass is 31.1. The lowest BCUT2D eigenvalue weighted by atomic mass is 9.84.